The summed E-state index contributed by atoms with van der Waals surface area (Å²) in [6.07, 6.45) is 3.50. The highest BCUT2D eigenvalue weighted by molar-refractivity contribution is 6.03. The number of carboxylic acid groups (broad SMARTS) is 1. The van der Waals surface area contributed by atoms with Crippen molar-refractivity contribution in [3.8, 4) is 16.9 Å². The van der Waals surface area contributed by atoms with Gasteiger partial charge in [0.05, 0.1) is 42.0 Å². The number of carboxylic acids is 1. The molecule has 36 heavy (non-hydrogen) atoms. The van der Waals surface area contributed by atoms with Gasteiger partial charge in [0.25, 0.3) is 0 Å². The number of para-hydroxylation sites is 1. The van der Waals surface area contributed by atoms with Crippen molar-refractivity contribution in [2.75, 3.05) is 24.6 Å². The van der Waals surface area contributed by atoms with Gasteiger partial charge in [-0.3, -0.25) is 9.48 Å². The highest BCUT2D eigenvalue weighted by Crippen LogP contribution is 2.35. The van der Waals surface area contributed by atoms with Gasteiger partial charge in [-0.2, -0.15) is 10.2 Å². The molecule has 9 nitrogen and oxygen atoms in total. The molecule has 9 heteroatoms. The number of morpholine rings is 1. The van der Waals surface area contributed by atoms with E-state index in [0.717, 1.165) is 50.1 Å². The monoisotopic (exact) mass is 482 g/mol. The molecule has 0 aliphatic carbocycles. The summed E-state index contributed by atoms with van der Waals surface area (Å²) in [5, 5.41) is 20.9. The van der Waals surface area contributed by atoms with Crippen molar-refractivity contribution in [1.29, 1.82) is 0 Å². The maximum Gasteiger partial charge on any atom is 0.306 e. The lowest BCUT2D eigenvalue weighted by Gasteiger charge is -2.33. The number of aromatic nitrogens is 5. The average molecular weight is 483 g/mol. The molecule has 1 aliphatic rings. The fraction of sp³-hybridized carbons (Fsp3) is 0.259. The molecule has 1 atom stereocenters. The van der Waals surface area contributed by atoms with Crippen LogP contribution in [-0.2, 0) is 16.6 Å². The molecule has 0 saturated carbocycles. The van der Waals surface area contributed by atoms with Crippen molar-refractivity contribution >= 4 is 33.6 Å². The molecule has 0 unspecified atom stereocenters. The van der Waals surface area contributed by atoms with E-state index in [1.165, 1.54) is 0 Å². The fourth-order valence-corrected chi connectivity index (χ4v) is 5.03. The second-order valence-electron chi connectivity index (χ2n) is 9.18. The number of rotatable bonds is 5. The molecule has 1 fully saturated rings. The van der Waals surface area contributed by atoms with Crippen LogP contribution >= 0.6 is 0 Å². The van der Waals surface area contributed by atoms with Crippen molar-refractivity contribution in [3.63, 3.8) is 0 Å². The van der Waals surface area contributed by atoms with Gasteiger partial charge in [-0.1, -0.05) is 30.3 Å². The minimum Gasteiger partial charge on any atom is -0.481 e. The molecule has 1 aliphatic heterocycles. The largest absolute Gasteiger partial charge is 0.481 e. The first-order valence-electron chi connectivity index (χ1n) is 11.9. The Morgan fingerprint density at radius 3 is 2.78 bits per heavy atom. The van der Waals surface area contributed by atoms with Crippen molar-refractivity contribution in [3.05, 3.63) is 66.5 Å². The summed E-state index contributed by atoms with van der Waals surface area (Å²) in [4.78, 5) is 17.9. The number of hydrogen-bond acceptors (Lipinski definition) is 6. The number of nitrogens with zero attached hydrogens (tertiary/aromatic N) is 6. The van der Waals surface area contributed by atoms with Crippen LogP contribution in [0.4, 0.5) is 5.82 Å². The summed E-state index contributed by atoms with van der Waals surface area (Å²) in [6, 6.07) is 16.3. The molecule has 1 saturated heterocycles. The first-order chi connectivity index (χ1) is 17.5. The summed E-state index contributed by atoms with van der Waals surface area (Å²) in [6.45, 7) is 3.74. The minimum atomic E-state index is -0.858. The quantitative estimate of drug-likeness (QED) is 0.405. The summed E-state index contributed by atoms with van der Waals surface area (Å²) >= 11 is 0. The second kappa shape index (κ2) is 8.76. The fourth-order valence-electron chi connectivity index (χ4n) is 5.03. The van der Waals surface area contributed by atoms with Gasteiger partial charge in [0.1, 0.15) is 11.5 Å². The standard InChI is InChI=1S/C27H26N6O3/c1-17-5-3-7-21-26(20-6-4-8-23-22(20)16-31(2)29-23)30-33(27(17)21)18-9-10-24(28-14-18)32-11-12-36-19(15-32)13-25(34)35/h3-10,14,16,19H,11-13,15H2,1-2H3,(H,34,35)/t19-/m1/s1. The van der Waals surface area contributed by atoms with E-state index in [4.69, 9.17) is 19.9 Å². The van der Waals surface area contributed by atoms with Crippen LogP contribution in [0.25, 0.3) is 38.8 Å². The third-order valence-corrected chi connectivity index (χ3v) is 6.67. The summed E-state index contributed by atoms with van der Waals surface area (Å²) < 4.78 is 9.39. The Labute approximate surface area is 207 Å². The lowest BCUT2D eigenvalue weighted by molar-refractivity contribution is -0.140. The number of anilines is 1. The van der Waals surface area contributed by atoms with Gasteiger partial charge in [-0.05, 0) is 30.7 Å². The lowest BCUT2D eigenvalue weighted by Crippen LogP contribution is -2.43. The molecule has 2 aromatic carbocycles. The van der Waals surface area contributed by atoms with Crippen molar-refractivity contribution in [1.82, 2.24) is 24.5 Å². The number of aliphatic carboxylic acids is 1. The SMILES string of the molecule is Cc1cccc2c(-c3cccc4nn(C)cc34)nn(-c3ccc(N4CCO[C@H](CC(=O)O)C4)nc3)c12. The number of hydrogen-bond donors (Lipinski definition) is 1. The van der Waals surface area contributed by atoms with E-state index >= 15 is 0 Å². The second-order valence-corrected chi connectivity index (χ2v) is 9.18. The van der Waals surface area contributed by atoms with Crippen LogP contribution in [0.15, 0.2) is 60.9 Å². The van der Waals surface area contributed by atoms with E-state index in [0.29, 0.717) is 19.7 Å². The van der Waals surface area contributed by atoms with Gasteiger partial charge in [-0.15, -0.1) is 0 Å². The smallest absolute Gasteiger partial charge is 0.306 e. The van der Waals surface area contributed by atoms with E-state index in [-0.39, 0.29) is 12.5 Å². The summed E-state index contributed by atoms with van der Waals surface area (Å²) in [5.41, 5.74) is 5.90. The van der Waals surface area contributed by atoms with Crippen molar-refractivity contribution in [2.24, 2.45) is 7.05 Å². The molecule has 5 aromatic rings. The molecule has 0 radical (unpaired) electrons. The molecule has 3 aromatic heterocycles. The van der Waals surface area contributed by atoms with Crippen LogP contribution in [0.5, 0.6) is 0 Å². The van der Waals surface area contributed by atoms with E-state index in [2.05, 4.69) is 41.2 Å². The van der Waals surface area contributed by atoms with Crippen LogP contribution in [0.2, 0.25) is 0 Å². The number of pyridine rings is 1. The molecular weight excluding hydrogens is 456 g/mol. The Morgan fingerprint density at radius 2 is 1.97 bits per heavy atom. The predicted molar refractivity (Wildman–Crippen MR) is 138 cm³/mol. The molecule has 0 bridgehead atoms. The summed E-state index contributed by atoms with van der Waals surface area (Å²) in [5.74, 6) is -0.0603. The number of fused-ring (bicyclic) bond motifs is 2. The van der Waals surface area contributed by atoms with Crippen molar-refractivity contribution in [2.45, 2.75) is 19.4 Å². The van der Waals surface area contributed by atoms with Gasteiger partial charge in [0, 0.05) is 42.7 Å². The van der Waals surface area contributed by atoms with Gasteiger partial charge >= 0.3 is 5.97 Å². The maximum atomic E-state index is 11.1. The Kier molecular flexibility index (Phi) is 5.41. The zero-order valence-electron chi connectivity index (χ0n) is 20.1. The van der Waals surface area contributed by atoms with Crippen LogP contribution in [0.1, 0.15) is 12.0 Å². The van der Waals surface area contributed by atoms with Crippen LogP contribution in [0, 0.1) is 6.92 Å². The molecule has 4 heterocycles. The highest BCUT2D eigenvalue weighted by atomic mass is 16.5. The Balaban J connectivity index is 1.40. The molecule has 1 N–H and O–H groups in total. The Hall–Kier alpha value is -4.24. The Morgan fingerprint density at radius 1 is 1.11 bits per heavy atom. The molecule has 0 spiro atoms. The molecule has 6 rings (SSSR count). The molecule has 182 valence electrons. The topological polar surface area (TPSA) is 98.3 Å². The van der Waals surface area contributed by atoms with Gasteiger partial charge in [0.2, 0.25) is 0 Å². The lowest BCUT2D eigenvalue weighted by atomic mass is 10.0. The number of benzene rings is 2. The third-order valence-electron chi connectivity index (χ3n) is 6.67. The van der Waals surface area contributed by atoms with Gasteiger partial charge in [-0.25, -0.2) is 9.67 Å². The first kappa shape index (κ1) is 22.2. The number of aryl methyl sites for hydroxylation is 2. The number of carbonyl (C=O) groups is 1. The van der Waals surface area contributed by atoms with Gasteiger partial charge in [0.15, 0.2) is 0 Å². The first-order valence-corrected chi connectivity index (χ1v) is 11.9. The van der Waals surface area contributed by atoms with E-state index in [9.17, 15) is 4.79 Å². The minimum absolute atomic E-state index is 0.0143. The average Bonchev–Trinajstić information content (AvgIpc) is 3.45. The Bertz CT molecular complexity index is 1590. The van der Waals surface area contributed by atoms with E-state index in [1.54, 1.807) is 0 Å². The summed E-state index contributed by atoms with van der Waals surface area (Å²) in [7, 11) is 1.93. The molecule has 0 amide bonds. The van der Waals surface area contributed by atoms with E-state index < -0.39 is 5.97 Å². The van der Waals surface area contributed by atoms with E-state index in [1.807, 2.05) is 53.1 Å². The predicted octanol–water partition coefficient (Wildman–Crippen LogP) is 3.96. The maximum absolute atomic E-state index is 11.1. The number of ether oxygens (including phenoxy) is 1. The molecular formula is C27H26N6O3. The highest BCUT2D eigenvalue weighted by Gasteiger charge is 2.24. The normalized spacial score (nSPS) is 16.2. The van der Waals surface area contributed by atoms with Crippen LogP contribution in [-0.4, -0.2) is 61.4 Å². The van der Waals surface area contributed by atoms with Crippen LogP contribution < -0.4 is 4.90 Å². The third kappa shape index (κ3) is 3.87. The zero-order valence-corrected chi connectivity index (χ0v) is 20.1. The van der Waals surface area contributed by atoms with Crippen LogP contribution in [0.3, 0.4) is 0 Å². The van der Waals surface area contributed by atoms with Crippen molar-refractivity contribution < 1.29 is 14.6 Å². The van der Waals surface area contributed by atoms with Gasteiger partial charge < -0.3 is 14.7 Å². The zero-order chi connectivity index (χ0) is 24.8.